The van der Waals surface area contributed by atoms with Crippen molar-refractivity contribution in [1.82, 2.24) is 19.4 Å². The van der Waals surface area contributed by atoms with Crippen LogP contribution in [0.25, 0.3) is 0 Å². The molecule has 0 spiro atoms. The molecule has 4 rings (SSSR count). The fourth-order valence-electron chi connectivity index (χ4n) is 3.52. The van der Waals surface area contributed by atoms with E-state index >= 15 is 0 Å². The zero-order valence-corrected chi connectivity index (χ0v) is 18.0. The van der Waals surface area contributed by atoms with Gasteiger partial charge in [-0.2, -0.15) is 9.40 Å². The third-order valence-electron chi connectivity index (χ3n) is 5.38. The third-order valence-corrected chi connectivity index (χ3v) is 7.29. The molecule has 31 heavy (non-hydrogen) atoms. The Bertz CT molecular complexity index is 1150. The largest absolute Gasteiger partial charge is 0.438 e. The highest BCUT2D eigenvalue weighted by molar-refractivity contribution is 7.89. The van der Waals surface area contributed by atoms with Crippen LogP contribution in [0.2, 0.25) is 0 Å². The van der Waals surface area contributed by atoms with Crippen LogP contribution in [-0.4, -0.2) is 52.5 Å². The second kappa shape index (κ2) is 7.93. The highest BCUT2D eigenvalue weighted by atomic mass is 32.2. The summed E-state index contributed by atoms with van der Waals surface area (Å²) in [5, 5.41) is 18.3. The van der Waals surface area contributed by atoms with Gasteiger partial charge in [0.2, 0.25) is 15.9 Å². The van der Waals surface area contributed by atoms with Crippen LogP contribution in [-0.2, 0) is 17.1 Å². The summed E-state index contributed by atoms with van der Waals surface area (Å²) < 4.78 is 34.9. The molecule has 1 N–H and O–H groups in total. The van der Waals surface area contributed by atoms with Crippen LogP contribution in [0.4, 0.5) is 5.69 Å². The average Bonchev–Trinajstić information content (AvgIpc) is 3.25. The van der Waals surface area contributed by atoms with Crippen LogP contribution in [0.15, 0.2) is 23.1 Å². The number of aromatic nitrogens is 2. The predicted molar refractivity (Wildman–Crippen MR) is 110 cm³/mol. The number of hydrogen-bond donors (Lipinski definition) is 1. The highest BCUT2D eigenvalue weighted by Gasteiger charge is 2.33. The second-order valence-corrected chi connectivity index (χ2v) is 9.66. The number of nitro benzene ring substituents is 1. The lowest BCUT2D eigenvalue weighted by Crippen LogP contribution is -2.28. The minimum Gasteiger partial charge on any atom is -0.438 e. The Kier molecular flexibility index (Phi) is 5.43. The summed E-state index contributed by atoms with van der Waals surface area (Å²) in [6.07, 6.45) is 3.32. The number of hydrogen-bond acceptors (Lipinski definition) is 7. The van der Waals surface area contributed by atoms with E-state index in [1.165, 1.54) is 21.1 Å². The number of carbonyl (C=O) groups is 1. The van der Waals surface area contributed by atoms with Crippen LogP contribution >= 0.6 is 0 Å². The van der Waals surface area contributed by atoms with Gasteiger partial charge in [0.15, 0.2) is 5.69 Å². The van der Waals surface area contributed by atoms with Crippen molar-refractivity contribution in [3.8, 4) is 11.6 Å². The molecule has 1 amide bonds. The first-order chi connectivity index (χ1) is 14.7. The average molecular weight is 449 g/mol. The summed E-state index contributed by atoms with van der Waals surface area (Å²) >= 11 is 0. The van der Waals surface area contributed by atoms with Gasteiger partial charge in [0.05, 0.1) is 4.92 Å². The lowest BCUT2D eigenvalue weighted by atomic mass is 10.2. The Morgan fingerprint density at radius 3 is 2.58 bits per heavy atom. The summed E-state index contributed by atoms with van der Waals surface area (Å²) in [5.74, 6) is -0.190. The molecule has 0 bridgehead atoms. The SMILES string of the molecule is Cc1c(C(=O)NC2CC2)nn(C)c1Oc1ccc([N+](=O)[O-])cc1S(=O)(=O)N1CCCC1. The standard InChI is InChI=1S/C19H23N5O6S/c1-12-17(18(25)20-13-5-6-13)21-22(2)19(12)30-15-8-7-14(24(26)27)11-16(15)31(28,29)23-9-3-4-10-23/h7-8,11,13H,3-6,9-10H2,1-2H3,(H,20,25). The number of non-ortho nitro benzene ring substituents is 1. The first kappa shape index (κ1) is 21.2. The number of aryl methyl sites for hydroxylation is 1. The topological polar surface area (TPSA) is 137 Å². The van der Waals surface area contributed by atoms with Crippen LogP contribution in [0, 0.1) is 17.0 Å². The number of benzene rings is 1. The van der Waals surface area contributed by atoms with Crippen molar-refractivity contribution in [3.63, 3.8) is 0 Å². The molecule has 2 fully saturated rings. The zero-order valence-electron chi connectivity index (χ0n) is 17.2. The molecule has 2 heterocycles. The molecule has 2 aromatic rings. The van der Waals surface area contributed by atoms with Crippen LogP contribution in [0.3, 0.4) is 0 Å². The Morgan fingerprint density at radius 2 is 1.97 bits per heavy atom. The second-order valence-electron chi connectivity index (χ2n) is 7.75. The highest BCUT2D eigenvalue weighted by Crippen LogP contribution is 2.36. The van der Waals surface area contributed by atoms with Gasteiger partial charge in [-0.25, -0.2) is 13.1 Å². The molecule has 0 radical (unpaired) electrons. The molecule has 1 aliphatic carbocycles. The van der Waals surface area contributed by atoms with E-state index in [9.17, 15) is 23.3 Å². The molecule has 166 valence electrons. The first-order valence-electron chi connectivity index (χ1n) is 9.99. The van der Waals surface area contributed by atoms with E-state index in [-0.39, 0.29) is 39.9 Å². The summed E-state index contributed by atoms with van der Waals surface area (Å²) in [6.45, 7) is 2.35. The van der Waals surface area contributed by atoms with Gasteiger partial charge in [-0.1, -0.05) is 0 Å². The molecular weight excluding hydrogens is 426 g/mol. The number of ether oxygens (including phenoxy) is 1. The number of nitrogens with one attached hydrogen (secondary N) is 1. The lowest BCUT2D eigenvalue weighted by Gasteiger charge is -2.18. The molecule has 12 heteroatoms. The Balaban J connectivity index is 1.72. The monoisotopic (exact) mass is 449 g/mol. The minimum absolute atomic E-state index is 0.0576. The predicted octanol–water partition coefficient (Wildman–Crippen LogP) is 2.11. The molecule has 1 saturated carbocycles. The summed E-state index contributed by atoms with van der Waals surface area (Å²) in [4.78, 5) is 22.7. The number of sulfonamides is 1. The molecule has 0 atom stereocenters. The van der Waals surface area contributed by atoms with Gasteiger partial charge in [-0.15, -0.1) is 0 Å². The number of carbonyl (C=O) groups excluding carboxylic acids is 1. The first-order valence-corrected chi connectivity index (χ1v) is 11.4. The van der Waals surface area contributed by atoms with E-state index in [4.69, 9.17) is 4.74 Å². The van der Waals surface area contributed by atoms with E-state index in [1.54, 1.807) is 14.0 Å². The Morgan fingerprint density at radius 1 is 1.29 bits per heavy atom. The van der Waals surface area contributed by atoms with Gasteiger partial charge in [-0.05, 0) is 38.7 Å². The van der Waals surface area contributed by atoms with Crippen LogP contribution < -0.4 is 10.1 Å². The van der Waals surface area contributed by atoms with E-state index < -0.39 is 14.9 Å². The van der Waals surface area contributed by atoms with Crippen molar-refractivity contribution >= 4 is 21.6 Å². The van der Waals surface area contributed by atoms with E-state index in [2.05, 4.69) is 10.4 Å². The van der Waals surface area contributed by atoms with Gasteiger partial charge in [0.1, 0.15) is 10.6 Å². The molecule has 2 aliphatic rings. The molecular formula is C19H23N5O6S. The van der Waals surface area contributed by atoms with Gasteiger partial charge in [-0.3, -0.25) is 14.9 Å². The molecule has 11 nitrogen and oxygen atoms in total. The molecule has 1 aliphatic heterocycles. The van der Waals surface area contributed by atoms with Crippen molar-refractivity contribution in [2.75, 3.05) is 13.1 Å². The van der Waals surface area contributed by atoms with E-state index in [1.807, 2.05) is 0 Å². The van der Waals surface area contributed by atoms with Crippen molar-refractivity contribution in [1.29, 1.82) is 0 Å². The smallest absolute Gasteiger partial charge is 0.272 e. The quantitative estimate of drug-likeness (QED) is 0.505. The molecule has 1 saturated heterocycles. The normalized spacial score (nSPS) is 17.0. The molecule has 0 unspecified atom stereocenters. The minimum atomic E-state index is -3.99. The summed E-state index contributed by atoms with van der Waals surface area (Å²) in [7, 11) is -2.41. The van der Waals surface area contributed by atoms with Gasteiger partial charge >= 0.3 is 0 Å². The van der Waals surface area contributed by atoms with Crippen molar-refractivity contribution < 1.29 is 22.9 Å². The third kappa shape index (κ3) is 4.12. The number of amides is 1. The maximum Gasteiger partial charge on any atom is 0.272 e. The fraction of sp³-hybridized carbons (Fsp3) is 0.474. The van der Waals surface area contributed by atoms with Crippen molar-refractivity contribution in [3.05, 3.63) is 39.6 Å². The number of nitro groups is 1. The van der Waals surface area contributed by atoms with Crippen molar-refractivity contribution in [2.24, 2.45) is 7.05 Å². The molecule has 1 aromatic heterocycles. The lowest BCUT2D eigenvalue weighted by molar-refractivity contribution is -0.385. The van der Waals surface area contributed by atoms with E-state index in [0.717, 1.165) is 31.7 Å². The molecule has 1 aromatic carbocycles. The van der Waals surface area contributed by atoms with Gasteiger partial charge < -0.3 is 10.1 Å². The van der Waals surface area contributed by atoms with Crippen LogP contribution in [0.1, 0.15) is 41.7 Å². The van der Waals surface area contributed by atoms with Crippen LogP contribution in [0.5, 0.6) is 11.6 Å². The maximum absolute atomic E-state index is 13.2. The fourth-order valence-corrected chi connectivity index (χ4v) is 5.17. The Hall–Kier alpha value is -2.99. The van der Waals surface area contributed by atoms with Crippen molar-refractivity contribution in [2.45, 2.75) is 43.5 Å². The zero-order chi connectivity index (χ0) is 22.3. The van der Waals surface area contributed by atoms with Gasteiger partial charge in [0, 0.05) is 43.9 Å². The van der Waals surface area contributed by atoms with E-state index in [0.29, 0.717) is 18.7 Å². The Labute approximate surface area is 179 Å². The number of rotatable bonds is 7. The number of nitrogens with zero attached hydrogens (tertiary/aromatic N) is 4. The summed E-state index contributed by atoms with van der Waals surface area (Å²) in [5.41, 5.74) is 0.287. The maximum atomic E-state index is 13.2. The summed E-state index contributed by atoms with van der Waals surface area (Å²) in [6, 6.07) is 3.61. The van der Waals surface area contributed by atoms with Gasteiger partial charge in [0.25, 0.3) is 11.6 Å².